The Morgan fingerprint density at radius 2 is 2.18 bits per heavy atom. The van der Waals surface area contributed by atoms with Crippen LogP contribution in [-0.2, 0) is 4.79 Å². The number of ether oxygens (including phenoxy) is 1. The summed E-state index contributed by atoms with van der Waals surface area (Å²) in [5, 5.41) is 12.9. The summed E-state index contributed by atoms with van der Waals surface area (Å²) in [4.78, 5) is 11.8. The first kappa shape index (κ1) is 18.8. The number of nitrogens with two attached hydrogens (primary N) is 1. The van der Waals surface area contributed by atoms with Crippen molar-refractivity contribution in [2.45, 2.75) is 38.5 Å². The second kappa shape index (κ2) is 9.71. The Labute approximate surface area is 136 Å². The summed E-state index contributed by atoms with van der Waals surface area (Å²) in [6, 6.07) is 6.72. The summed E-state index contributed by atoms with van der Waals surface area (Å²) < 4.78 is 5.59. The molecular weight excluding hydrogens is 300 g/mol. The van der Waals surface area contributed by atoms with Gasteiger partial charge in [0.25, 0.3) is 0 Å². The molecule has 0 radical (unpaired) electrons. The number of amides is 1. The zero-order chi connectivity index (χ0) is 16.5. The first-order valence-electron chi connectivity index (χ1n) is 7.41. The van der Waals surface area contributed by atoms with Gasteiger partial charge in [-0.2, -0.15) is 11.8 Å². The molecule has 0 aliphatic carbocycles. The molecule has 0 saturated carbocycles. The van der Waals surface area contributed by atoms with E-state index < -0.39 is 12.1 Å². The molecule has 4 N–H and O–H groups in total. The number of benzene rings is 1. The summed E-state index contributed by atoms with van der Waals surface area (Å²) in [5.41, 5.74) is 6.48. The van der Waals surface area contributed by atoms with E-state index in [1.165, 1.54) is 0 Å². The monoisotopic (exact) mass is 326 g/mol. The lowest BCUT2D eigenvalue weighted by Gasteiger charge is -2.16. The zero-order valence-corrected chi connectivity index (χ0v) is 14.2. The van der Waals surface area contributed by atoms with Crippen LogP contribution in [0.1, 0.15) is 31.9 Å². The summed E-state index contributed by atoms with van der Waals surface area (Å²) in [6.07, 6.45) is 1.88. The van der Waals surface area contributed by atoms with Gasteiger partial charge < -0.3 is 20.9 Å². The SMILES string of the molecule is CSCC[C@H](N)C(=O)NCC(O)c1cccc(OC(C)C)c1. The van der Waals surface area contributed by atoms with Gasteiger partial charge in [0.05, 0.1) is 18.2 Å². The Morgan fingerprint density at radius 1 is 1.45 bits per heavy atom. The highest BCUT2D eigenvalue weighted by atomic mass is 32.2. The first-order valence-corrected chi connectivity index (χ1v) is 8.80. The van der Waals surface area contributed by atoms with E-state index in [1.807, 2.05) is 32.2 Å². The van der Waals surface area contributed by atoms with Crippen LogP contribution in [-0.4, -0.2) is 41.7 Å². The maximum atomic E-state index is 11.8. The molecule has 22 heavy (non-hydrogen) atoms. The maximum Gasteiger partial charge on any atom is 0.237 e. The third-order valence-corrected chi connectivity index (χ3v) is 3.70. The van der Waals surface area contributed by atoms with Crippen molar-refractivity contribution in [1.29, 1.82) is 0 Å². The van der Waals surface area contributed by atoms with Crippen LogP contribution in [0.3, 0.4) is 0 Å². The van der Waals surface area contributed by atoms with Crippen molar-refractivity contribution < 1.29 is 14.6 Å². The summed E-state index contributed by atoms with van der Waals surface area (Å²) >= 11 is 1.65. The first-order chi connectivity index (χ1) is 10.4. The fourth-order valence-electron chi connectivity index (χ4n) is 1.89. The molecule has 1 aromatic carbocycles. The van der Waals surface area contributed by atoms with E-state index in [-0.39, 0.29) is 18.6 Å². The number of carbonyl (C=O) groups is 1. The molecule has 0 aliphatic heterocycles. The zero-order valence-electron chi connectivity index (χ0n) is 13.4. The van der Waals surface area contributed by atoms with Crippen LogP contribution in [0.2, 0.25) is 0 Å². The summed E-state index contributed by atoms with van der Waals surface area (Å²) in [6.45, 7) is 4.02. The van der Waals surface area contributed by atoms with Crippen molar-refractivity contribution in [2.75, 3.05) is 18.6 Å². The third kappa shape index (κ3) is 6.68. The Hall–Kier alpha value is -1.24. The van der Waals surface area contributed by atoms with Crippen molar-refractivity contribution in [3.8, 4) is 5.75 Å². The highest BCUT2D eigenvalue weighted by Gasteiger charge is 2.15. The Kier molecular flexibility index (Phi) is 8.30. The predicted octanol–water partition coefficient (Wildman–Crippen LogP) is 1.70. The lowest BCUT2D eigenvalue weighted by Crippen LogP contribution is -2.42. The van der Waals surface area contributed by atoms with E-state index in [0.717, 1.165) is 5.75 Å². The quantitative estimate of drug-likeness (QED) is 0.643. The van der Waals surface area contributed by atoms with Gasteiger partial charge in [0, 0.05) is 6.54 Å². The van der Waals surface area contributed by atoms with Gasteiger partial charge in [-0.25, -0.2) is 0 Å². The van der Waals surface area contributed by atoms with Gasteiger partial charge in [-0.3, -0.25) is 4.79 Å². The third-order valence-electron chi connectivity index (χ3n) is 3.05. The molecule has 0 heterocycles. The summed E-state index contributed by atoms with van der Waals surface area (Å²) in [7, 11) is 0. The van der Waals surface area contributed by atoms with Crippen LogP contribution in [0.4, 0.5) is 0 Å². The number of aliphatic hydroxyl groups excluding tert-OH is 1. The molecule has 2 atom stereocenters. The minimum Gasteiger partial charge on any atom is -0.491 e. The Balaban J connectivity index is 2.51. The van der Waals surface area contributed by atoms with Crippen molar-refractivity contribution >= 4 is 17.7 Å². The standard InChI is InChI=1S/C16H26N2O3S/c1-11(2)21-13-6-4-5-12(9-13)15(19)10-18-16(20)14(17)7-8-22-3/h4-6,9,11,14-15,19H,7-8,10,17H2,1-3H3,(H,18,20)/t14-,15?/m0/s1. The highest BCUT2D eigenvalue weighted by molar-refractivity contribution is 7.98. The Morgan fingerprint density at radius 3 is 2.82 bits per heavy atom. The molecule has 0 bridgehead atoms. The van der Waals surface area contributed by atoms with Crippen LogP contribution in [0.5, 0.6) is 5.75 Å². The molecular formula is C16H26N2O3S. The van der Waals surface area contributed by atoms with Crippen LogP contribution in [0.25, 0.3) is 0 Å². The molecule has 6 heteroatoms. The number of hydrogen-bond donors (Lipinski definition) is 3. The van der Waals surface area contributed by atoms with Crippen molar-refractivity contribution in [3.05, 3.63) is 29.8 Å². The van der Waals surface area contributed by atoms with Crippen molar-refractivity contribution in [2.24, 2.45) is 5.73 Å². The molecule has 124 valence electrons. The molecule has 0 aromatic heterocycles. The van der Waals surface area contributed by atoms with Gasteiger partial charge in [0.1, 0.15) is 5.75 Å². The second-order valence-corrected chi connectivity index (χ2v) is 6.37. The number of nitrogens with one attached hydrogen (secondary N) is 1. The van der Waals surface area contributed by atoms with Gasteiger partial charge in [0.2, 0.25) is 5.91 Å². The molecule has 0 aliphatic rings. The minimum absolute atomic E-state index is 0.0709. The van der Waals surface area contributed by atoms with Gasteiger partial charge in [0.15, 0.2) is 0 Å². The van der Waals surface area contributed by atoms with Crippen molar-refractivity contribution in [1.82, 2.24) is 5.32 Å². The van der Waals surface area contributed by atoms with Gasteiger partial charge >= 0.3 is 0 Å². The second-order valence-electron chi connectivity index (χ2n) is 5.39. The predicted molar refractivity (Wildman–Crippen MR) is 91.1 cm³/mol. The molecule has 1 aromatic rings. The van der Waals surface area contributed by atoms with Crippen LogP contribution in [0.15, 0.2) is 24.3 Å². The van der Waals surface area contributed by atoms with E-state index >= 15 is 0 Å². The van der Waals surface area contributed by atoms with Crippen LogP contribution >= 0.6 is 11.8 Å². The smallest absolute Gasteiger partial charge is 0.237 e. The van der Waals surface area contributed by atoms with E-state index in [9.17, 15) is 9.90 Å². The number of aliphatic hydroxyl groups is 1. The van der Waals surface area contributed by atoms with E-state index in [0.29, 0.717) is 17.7 Å². The highest BCUT2D eigenvalue weighted by Crippen LogP contribution is 2.19. The molecule has 1 amide bonds. The average molecular weight is 326 g/mol. The van der Waals surface area contributed by atoms with E-state index in [2.05, 4.69) is 5.32 Å². The fraction of sp³-hybridized carbons (Fsp3) is 0.562. The molecule has 1 rings (SSSR count). The molecule has 1 unspecified atom stereocenters. The van der Waals surface area contributed by atoms with E-state index in [1.54, 1.807) is 23.9 Å². The molecule has 5 nitrogen and oxygen atoms in total. The van der Waals surface area contributed by atoms with Crippen molar-refractivity contribution in [3.63, 3.8) is 0 Å². The van der Waals surface area contributed by atoms with Gasteiger partial charge in [-0.15, -0.1) is 0 Å². The minimum atomic E-state index is -0.785. The topological polar surface area (TPSA) is 84.6 Å². The number of carbonyl (C=O) groups excluding carboxylic acids is 1. The normalized spacial score (nSPS) is 13.7. The lowest BCUT2D eigenvalue weighted by molar-refractivity contribution is -0.122. The van der Waals surface area contributed by atoms with Gasteiger partial charge in [-0.05, 0) is 50.0 Å². The molecule has 0 spiro atoms. The van der Waals surface area contributed by atoms with Crippen LogP contribution < -0.4 is 15.8 Å². The lowest BCUT2D eigenvalue weighted by atomic mass is 10.1. The Bertz CT molecular complexity index is 468. The average Bonchev–Trinajstić information content (AvgIpc) is 2.49. The largest absolute Gasteiger partial charge is 0.491 e. The number of rotatable bonds is 9. The molecule has 0 saturated heterocycles. The number of thioether (sulfide) groups is 1. The fourth-order valence-corrected chi connectivity index (χ4v) is 2.38. The van der Waals surface area contributed by atoms with E-state index in [4.69, 9.17) is 10.5 Å². The summed E-state index contributed by atoms with van der Waals surface area (Å²) in [5.74, 6) is 1.31. The van der Waals surface area contributed by atoms with Crippen LogP contribution in [0, 0.1) is 0 Å². The maximum absolute atomic E-state index is 11.8. The molecule has 0 fully saturated rings. The van der Waals surface area contributed by atoms with Gasteiger partial charge in [-0.1, -0.05) is 12.1 Å². The number of hydrogen-bond acceptors (Lipinski definition) is 5.